The molecule has 0 N–H and O–H groups in total. The van der Waals surface area contributed by atoms with Crippen molar-refractivity contribution in [3.63, 3.8) is 0 Å². The maximum absolute atomic E-state index is 6.20. The zero-order valence-corrected chi connectivity index (χ0v) is 14.7. The summed E-state index contributed by atoms with van der Waals surface area (Å²) in [5.74, 6) is 1.05. The van der Waals surface area contributed by atoms with Gasteiger partial charge in [0.2, 0.25) is 5.28 Å². The third kappa shape index (κ3) is 2.39. The predicted molar refractivity (Wildman–Crippen MR) is 93.4 cm³/mol. The minimum Gasteiger partial charge on any atom is -0.356 e. The zero-order chi connectivity index (χ0) is 15.3. The van der Waals surface area contributed by atoms with Gasteiger partial charge in [-0.2, -0.15) is 4.98 Å². The molecule has 3 heterocycles. The van der Waals surface area contributed by atoms with Gasteiger partial charge in [0.05, 0.1) is 5.39 Å². The fourth-order valence-corrected chi connectivity index (χ4v) is 5.23. The first-order chi connectivity index (χ1) is 10.6. The summed E-state index contributed by atoms with van der Waals surface area (Å²) in [5.41, 5.74) is 1.48. The van der Waals surface area contributed by atoms with Gasteiger partial charge in [0.1, 0.15) is 10.6 Å². The van der Waals surface area contributed by atoms with E-state index in [2.05, 4.69) is 33.9 Å². The Morgan fingerprint density at radius 1 is 1.23 bits per heavy atom. The lowest BCUT2D eigenvalue weighted by Gasteiger charge is -2.36. The summed E-state index contributed by atoms with van der Waals surface area (Å²) < 4.78 is 0. The van der Waals surface area contributed by atoms with Gasteiger partial charge >= 0.3 is 0 Å². The van der Waals surface area contributed by atoms with E-state index in [0.717, 1.165) is 30.2 Å². The molecule has 1 aliphatic carbocycles. The normalized spacial score (nSPS) is 19.8. The molecule has 1 fully saturated rings. The Hall–Kier alpha value is -0.910. The number of piperidine rings is 1. The van der Waals surface area contributed by atoms with E-state index < -0.39 is 0 Å². The number of rotatable bonds is 2. The van der Waals surface area contributed by atoms with Gasteiger partial charge < -0.3 is 9.80 Å². The number of aromatic nitrogens is 2. The molecule has 0 unspecified atom stereocenters. The molecule has 1 aliphatic heterocycles. The molecule has 0 saturated carbocycles. The standard InChI is InChI=1S/C16H21ClN4S/c1-20-8-6-10(7-9-20)21(2)14-13-11-4-3-5-12(11)22-15(13)19-16(17)18-14/h10H,3-9H2,1-2H3. The Labute approximate surface area is 140 Å². The lowest BCUT2D eigenvalue weighted by molar-refractivity contribution is 0.252. The third-order valence-electron chi connectivity index (χ3n) is 5.09. The molecular formula is C16H21ClN4S. The summed E-state index contributed by atoms with van der Waals surface area (Å²) in [6.45, 7) is 2.30. The Kier molecular flexibility index (Phi) is 3.75. The van der Waals surface area contributed by atoms with Crippen LogP contribution in [0.1, 0.15) is 29.7 Å². The molecule has 4 rings (SSSR count). The molecule has 2 aromatic rings. The first-order valence-electron chi connectivity index (χ1n) is 8.02. The van der Waals surface area contributed by atoms with E-state index in [1.807, 2.05) is 11.3 Å². The smallest absolute Gasteiger partial charge is 0.225 e. The average molecular weight is 337 g/mol. The number of likely N-dealkylation sites (tertiary alicyclic amines) is 1. The third-order valence-corrected chi connectivity index (χ3v) is 6.44. The van der Waals surface area contributed by atoms with E-state index in [-0.39, 0.29) is 0 Å². The van der Waals surface area contributed by atoms with Crippen LogP contribution in [0.2, 0.25) is 5.28 Å². The highest BCUT2D eigenvalue weighted by Gasteiger charge is 2.27. The molecule has 0 bridgehead atoms. The highest BCUT2D eigenvalue weighted by atomic mass is 35.5. The molecule has 0 radical (unpaired) electrons. The topological polar surface area (TPSA) is 32.3 Å². The number of hydrogen-bond donors (Lipinski definition) is 0. The first kappa shape index (κ1) is 14.7. The number of fused-ring (bicyclic) bond motifs is 3. The van der Waals surface area contributed by atoms with Crippen molar-refractivity contribution < 1.29 is 0 Å². The monoisotopic (exact) mass is 336 g/mol. The molecule has 118 valence electrons. The molecule has 0 atom stereocenters. The van der Waals surface area contributed by atoms with Crippen LogP contribution in [0.4, 0.5) is 5.82 Å². The fraction of sp³-hybridized carbons (Fsp3) is 0.625. The molecule has 22 heavy (non-hydrogen) atoms. The van der Waals surface area contributed by atoms with Crippen molar-refractivity contribution >= 4 is 39.0 Å². The first-order valence-corrected chi connectivity index (χ1v) is 9.22. The van der Waals surface area contributed by atoms with Crippen molar-refractivity contribution in [1.82, 2.24) is 14.9 Å². The molecule has 4 nitrogen and oxygen atoms in total. The molecule has 2 aromatic heterocycles. The largest absolute Gasteiger partial charge is 0.356 e. The van der Waals surface area contributed by atoms with E-state index in [9.17, 15) is 0 Å². The van der Waals surface area contributed by atoms with Crippen molar-refractivity contribution in [2.75, 3.05) is 32.1 Å². The fourth-order valence-electron chi connectivity index (χ4n) is 3.76. The number of thiophene rings is 1. The number of anilines is 1. The van der Waals surface area contributed by atoms with Crippen molar-refractivity contribution in [3.05, 3.63) is 15.7 Å². The lowest BCUT2D eigenvalue weighted by Crippen LogP contribution is -2.42. The van der Waals surface area contributed by atoms with E-state index in [0.29, 0.717) is 11.3 Å². The van der Waals surface area contributed by atoms with Crippen LogP contribution < -0.4 is 4.90 Å². The van der Waals surface area contributed by atoms with Gasteiger partial charge in [-0.3, -0.25) is 0 Å². The van der Waals surface area contributed by atoms with E-state index >= 15 is 0 Å². The molecule has 6 heteroatoms. The van der Waals surface area contributed by atoms with Gasteiger partial charge in [-0.15, -0.1) is 11.3 Å². The Balaban J connectivity index is 1.77. The molecular weight excluding hydrogens is 316 g/mol. The second kappa shape index (κ2) is 5.62. The molecule has 0 amide bonds. The molecule has 0 aromatic carbocycles. The number of aryl methyl sites for hydroxylation is 2. The number of halogens is 1. The van der Waals surface area contributed by atoms with Crippen LogP contribution in [0.3, 0.4) is 0 Å². The molecule has 2 aliphatic rings. The van der Waals surface area contributed by atoms with Crippen molar-refractivity contribution in [3.8, 4) is 0 Å². The summed E-state index contributed by atoms with van der Waals surface area (Å²) in [5, 5.41) is 1.64. The van der Waals surface area contributed by atoms with Gasteiger partial charge in [0, 0.05) is 18.0 Å². The second-order valence-corrected chi connectivity index (χ2v) is 7.92. The van der Waals surface area contributed by atoms with Crippen molar-refractivity contribution in [2.45, 2.75) is 38.1 Å². The predicted octanol–water partition coefficient (Wildman–Crippen LogP) is 3.36. The second-order valence-electron chi connectivity index (χ2n) is 6.50. The van der Waals surface area contributed by atoms with Crippen LogP contribution in [-0.2, 0) is 12.8 Å². The van der Waals surface area contributed by atoms with Crippen LogP contribution in [0.25, 0.3) is 10.2 Å². The van der Waals surface area contributed by atoms with Crippen LogP contribution >= 0.6 is 22.9 Å². The Bertz CT molecular complexity index is 706. The summed E-state index contributed by atoms with van der Waals surface area (Å²) in [4.78, 5) is 16.4. The van der Waals surface area contributed by atoms with Crippen molar-refractivity contribution in [2.24, 2.45) is 0 Å². The maximum Gasteiger partial charge on any atom is 0.225 e. The zero-order valence-electron chi connectivity index (χ0n) is 13.1. The Morgan fingerprint density at radius 2 is 2.00 bits per heavy atom. The van der Waals surface area contributed by atoms with E-state index in [4.69, 9.17) is 11.6 Å². The lowest BCUT2D eigenvalue weighted by atomic mass is 10.0. The summed E-state index contributed by atoms with van der Waals surface area (Å²) >= 11 is 8.01. The highest BCUT2D eigenvalue weighted by Crippen LogP contribution is 2.41. The molecule has 1 saturated heterocycles. The average Bonchev–Trinajstić information content (AvgIpc) is 3.06. The minimum atomic E-state index is 0.377. The van der Waals surface area contributed by atoms with Gasteiger partial charge in [0.15, 0.2) is 0 Å². The van der Waals surface area contributed by atoms with Crippen LogP contribution in [0.15, 0.2) is 0 Å². The van der Waals surface area contributed by atoms with Gasteiger partial charge in [-0.05, 0) is 69.4 Å². The highest BCUT2D eigenvalue weighted by molar-refractivity contribution is 7.19. The minimum absolute atomic E-state index is 0.377. The quantitative estimate of drug-likeness (QED) is 0.787. The van der Waals surface area contributed by atoms with Gasteiger partial charge in [-0.1, -0.05) is 0 Å². The van der Waals surface area contributed by atoms with Crippen LogP contribution in [-0.4, -0.2) is 48.1 Å². The van der Waals surface area contributed by atoms with Gasteiger partial charge in [-0.25, -0.2) is 4.98 Å². The number of nitrogens with zero attached hydrogens (tertiary/aromatic N) is 4. The SMILES string of the molecule is CN1CCC(N(C)c2nc(Cl)nc3sc4c(c23)CCC4)CC1. The summed E-state index contributed by atoms with van der Waals surface area (Å²) in [7, 11) is 4.37. The van der Waals surface area contributed by atoms with Crippen molar-refractivity contribution in [1.29, 1.82) is 0 Å². The summed E-state index contributed by atoms with van der Waals surface area (Å²) in [6, 6.07) is 0.544. The van der Waals surface area contributed by atoms with Crippen LogP contribution in [0.5, 0.6) is 0 Å². The van der Waals surface area contributed by atoms with Crippen LogP contribution in [0, 0.1) is 0 Å². The summed E-state index contributed by atoms with van der Waals surface area (Å²) in [6.07, 6.45) is 5.97. The molecule has 0 spiro atoms. The Morgan fingerprint density at radius 3 is 2.77 bits per heavy atom. The maximum atomic E-state index is 6.20. The number of hydrogen-bond acceptors (Lipinski definition) is 5. The van der Waals surface area contributed by atoms with E-state index in [1.165, 1.54) is 41.5 Å². The van der Waals surface area contributed by atoms with E-state index in [1.54, 1.807) is 0 Å². The van der Waals surface area contributed by atoms with Gasteiger partial charge in [0.25, 0.3) is 0 Å².